The van der Waals surface area contributed by atoms with Gasteiger partial charge in [0.05, 0.1) is 25.7 Å². The maximum Gasteiger partial charge on any atom is 0.313 e. The Kier molecular flexibility index (Phi) is 4.81. The molecular weight excluding hydrogens is 296 g/mol. The Bertz CT molecular complexity index is 566. The first-order valence-electron chi connectivity index (χ1n) is 8.01. The lowest BCUT2D eigenvalue weighted by Gasteiger charge is -2.29. The van der Waals surface area contributed by atoms with Crippen molar-refractivity contribution >= 4 is 17.6 Å². The van der Waals surface area contributed by atoms with Crippen LogP contribution in [0.1, 0.15) is 24.8 Å². The zero-order valence-electron chi connectivity index (χ0n) is 13.3. The van der Waals surface area contributed by atoms with E-state index in [0.29, 0.717) is 13.0 Å². The molecule has 2 aliphatic heterocycles. The number of cyclic esters (lactones) is 1. The van der Waals surface area contributed by atoms with Gasteiger partial charge in [0.15, 0.2) is 0 Å². The summed E-state index contributed by atoms with van der Waals surface area (Å²) in [6.45, 7) is 5.12. The second-order valence-corrected chi connectivity index (χ2v) is 5.98. The summed E-state index contributed by atoms with van der Waals surface area (Å²) in [4.78, 5) is 25.3. The molecule has 1 aromatic carbocycles. The van der Waals surface area contributed by atoms with E-state index in [0.717, 1.165) is 37.6 Å². The van der Waals surface area contributed by atoms with E-state index in [1.165, 1.54) is 6.92 Å². The molecule has 0 bridgehead atoms. The zero-order chi connectivity index (χ0) is 16.2. The van der Waals surface area contributed by atoms with Crippen molar-refractivity contribution in [1.29, 1.82) is 0 Å². The number of carbonyl (C=O) groups excluding carboxylic acids is 2. The second-order valence-electron chi connectivity index (χ2n) is 5.98. The van der Waals surface area contributed by atoms with Crippen molar-refractivity contribution in [3.8, 4) is 0 Å². The number of anilines is 1. The average Bonchev–Trinajstić information content (AvgIpc) is 2.95. The number of nitrogens with zero attached hydrogens (tertiary/aromatic N) is 1. The van der Waals surface area contributed by atoms with Crippen molar-refractivity contribution < 1.29 is 19.1 Å². The van der Waals surface area contributed by atoms with E-state index in [2.05, 4.69) is 22.3 Å². The minimum absolute atomic E-state index is 0.112. The lowest BCUT2D eigenvalue weighted by atomic mass is 9.95. The number of rotatable bonds is 4. The first kappa shape index (κ1) is 15.8. The van der Waals surface area contributed by atoms with Gasteiger partial charge in [0.2, 0.25) is 5.91 Å². The molecule has 1 unspecified atom stereocenters. The molecule has 0 saturated carbocycles. The molecule has 1 aromatic rings. The Labute approximate surface area is 135 Å². The van der Waals surface area contributed by atoms with E-state index >= 15 is 0 Å². The van der Waals surface area contributed by atoms with E-state index < -0.39 is 0 Å². The van der Waals surface area contributed by atoms with Gasteiger partial charge in [0, 0.05) is 32.1 Å². The highest BCUT2D eigenvalue weighted by atomic mass is 16.6. The molecule has 1 amide bonds. The zero-order valence-corrected chi connectivity index (χ0v) is 13.3. The lowest BCUT2D eigenvalue weighted by Crippen LogP contribution is -2.36. The second kappa shape index (κ2) is 7.00. The van der Waals surface area contributed by atoms with Crippen LogP contribution in [0.15, 0.2) is 24.3 Å². The first-order valence-corrected chi connectivity index (χ1v) is 8.01. The van der Waals surface area contributed by atoms with Gasteiger partial charge in [-0.25, -0.2) is 0 Å². The van der Waals surface area contributed by atoms with E-state index in [9.17, 15) is 9.59 Å². The largest absolute Gasteiger partial charge is 0.460 e. The normalized spacial score (nSPS) is 24.4. The third-order valence-corrected chi connectivity index (χ3v) is 4.32. The van der Waals surface area contributed by atoms with Crippen molar-refractivity contribution in [3.05, 3.63) is 29.8 Å². The van der Waals surface area contributed by atoms with Crippen LogP contribution in [0.5, 0.6) is 0 Å². The van der Waals surface area contributed by atoms with E-state index in [-0.39, 0.29) is 23.9 Å². The third kappa shape index (κ3) is 3.82. The number of esters is 1. The van der Waals surface area contributed by atoms with Gasteiger partial charge in [-0.05, 0) is 17.7 Å². The molecule has 2 atom stereocenters. The van der Waals surface area contributed by atoms with Crippen LogP contribution in [0.3, 0.4) is 0 Å². The van der Waals surface area contributed by atoms with Crippen LogP contribution in [0.4, 0.5) is 5.69 Å². The number of hydrogen-bond donors (Lipinski definition) is 1. The van der Waals surface area contributed by atoms with Gasteiger partial charge in [-0.15, -0.1) is 0 Å². The lowest BCUT2D eigenvalue weighted by molar-refractivity contribution is -0.142. The van der Waals surface area contributed by atoms with Crippen LogP contribution >= 0.6 is 0 Å². The van der Waals surface area contributed by atoms with Crippen LogP contribution in [0, 0.1) is 0 Å². The minimum Gasteiger partial charge on any atom is -0.460 e. The van der Waals surface area contributed by atoms with Gasteiger partial charge in [-0.3, -0.25) is 9.59 Å². The predicted molar refractivity (Wildman–Crippen MR) is 85.4 cm³/mol. The number of carbonyl (C=O) groups is 2. The van der Waals surface area contributed by atoms with E-state index in [4.69, 9.17) is 9.47 Å². The first-order chi connectivity index (χ1) is 11.1. The number of hydrogen-bond acceptors (Lipinski definition) is 5. The molecule has 2 heterocycles. The van der Waals surface area contributed by atoms with Crippen molar-refractivity contribution in [2.24, 2.45) is 0 Å². The van der Waals surface area contributed by atoms with Crippen LogP contribution in [-0.4, -0.2) is 50.8 Å². The summed E-state index contributed by atoms with van der Waals surface area (Å²) in [6, 6.07) is 8.10. The van der Waals surface area contributed by atoms with Gasteiger partial charge in [-0.1, -0.05) is 12.1 Å². The van der Waals surface area contributed by atoms with Crippen molar-refractivity contribution in [2.45, 2.75) is 25.4 Å². The van der Waals surface area contributed by atoms with Gasteiger partial charge in [0.25, 0.3) is 0 Å². The maximum atomic E-state index is 12.1. The number of morpholine rings is 1. The van der Waals surface area contributed by atoms with Crippen LogP contribution < -0.4 is 10.2 Å². The predicted octanol–water partition coefficient (Wildman–Crippen LogP) is 1.06. The fourth-order valence-corrected chi connectivity index (χ4v) is 3.05. The molecule has 1 N–H and O–H groups in total. The fraction of sp³-hybridized carbons (Fsp3) is 0.529. The quantitative estimate of drug-likeness (QED) is 0.841. The highest BCUT2D eigenvalue weighted by Crippen LogP contribution is 2.31. The number of amides is 1. The summed E-state index contributed by atoms with van der Waals surface area (Å²) < 4.78 is 10.7. The Hall–Kier alpha value is -2.08. The summed E-state index contributed by atoms with van der Waals surface area (Å²) in [6.07, 6.45) is 0.367. The molecule has 6 heteroatoms. The molecule has 2 fully saturated rings. The van der Waals surface area contributed by atoms with E-state index in [1.54, 1.807) is 0 Å². The summed E-state index contributed by atoms with van der Waals surface area (Å²) in [5, 5.41) is 2.70. The van der Waals surface area contributed by atoms with Crippen molar-refractivity contribution in [1.82, 2.24) is 5.32 Å². The van der Waals surface area contributed by atoms with Crippen LogP contribution in [-0.2, 0) is 19.1 Å². The summed E-state index contributed by atoms with van der Waals surface area (Å²) in [7, 11) is 0. The number of ether oxygens (including phenoxy) is 2. The molecule has 0 radical (unpaired) electrons. The highest BCUT2D eigenvalue weighted by Gasteiger charge is 2.35. The van der Waals surface area contributed by atoms with Crippen molar-refractivity contribution in [2.75, 3.05) is 37.7 Å². The molecule has 23 heavy (non-hydrogen) atoms. The van der Waals surface area contributed by atoms with Gasteiger partial charge in [0.1, 0.15) is 6.10 Å². The Balaban J connectivity index is 1.62. The Morgan fingerprint density at radius 2 is 1.96 bits per heavy atom. The molecule has 0 aromatic heterocycles. The van der Waals surface area contributed by atoms with E-state index in [1.807, 2.05) is 12.1 Å². The monoisotopic (exact) mass is 318 g/mol. The Morgan fingerprint density at radius 3 is 2.61 bits per heavy atom. The number of benzene rings is 1. The molecule has 2 saturated heterocycles. The van der Waals surface area contributed by atoms with Crippen LogP contribution in [0.25, 0.3) is 0 Å². The molecule has 3 rings (SSSR count). The van der Waals surface area contributed by atoms with Crippen molar-refractivity contribution in [3.63, 3.8) is 0 Å². The van der Waals surface area contributed by atoms with Crippen LogP contribution in [0.2, 0.25) is 0 Å². The van der Waals surface area contributed by atoms with Gasteiger partial charge in [-0.2, -0.15) is 0 Å². The average molecular weight is 318 g/mol. The van der Waals surface area contributed by atoms with Gasteiger partial charge >= 0.3 is 5.97 Å². The number of nitrogens with one attached hydrogen (secondary N) is 1. The molecule has 6 nitrogen and oxygen atoms in total. The fourth-order valence-electron chi connectivity index (χ4n) is 3.05. The van der Waals surface area contributed by atoms with Gasteiger partial charge < -0.3 is 19.7 Å². The summed E-state index contributed by atoms with van der Waals surface area (Å²) in [5.41, 5.74) is 2.12. The molecular formula is C17H22N2O4. The topological polar surface area (TPSA) is 67.9 Å². The summed E-state index contributed by atoms with van der Waals surface area (Å²) in [5.74, 6) is -0.564. The Morgan fingerprint density at radius 1 is 1.26 bits per heavy atom. The summed E-state index contributed by atoms with van der Waals surface area (Å²) >= 11 is 0. The SMILES string of the molecule is CC(=O)NCC1C[C@H](c2ccc(N3CCOCC3)cc2)C(=O)O1. The smallest absolute Gasteiger partial charge is 0.313 e. The molecule has 124 valence electrons. The molecule has 0 spiro atoms. The third-order valence-electron chi connectivity index (χ3n) is 4.32. The minimum atomic E-state index is -0.243. The standard InChI is InChI=1S/C17H22N2O4/c1-12(20)18-11-15-10-16(17(21)23-15)13-2-4-14(5-3-13)19-6-8-22-9-7-19/h2-5,15-16H,6-11H2,1H3,(H,18,20)/t15?,16-/m1/s1. The molecule has 0 aliphatic carbocycles. The highest BCUT2D eigenvalue weighted by molar-refractivity contribution is 5.80. The molecule has 2 aliphatic rings. The maximum absolute atomic E-state index is 12.1.